The molecule has 2 aliphatic rings. The minimum atomic E-state index is 0.127. The Morgan fingerprint density at radius 2 is 1.81 bits per heavy atom. The van der Waals surface area contributed by atoms with Gasteiger partial charge in [-0.3, -0.25) is 4.79 Å². The third-order valence-corrected chi connectivity index (χ3v) is 5.34. The van der Waals surface area contributed by atoms with Crippen molar-refractivity contribution in [1.29, 1.82) is 0 Å². The van der Waals surface area contributed by atoms with Crippen LogP contribution in [0.4, 0.5) is 5.82 Å². The number of carbonyl (C=O) groups is 1. The van der Waals surface area contributed by atoms with Crippen LogP contribution < -0.4 is 10.2 Å². The highest BCUT2D eigenvalue weighted by Gasteiger charge is 2.27. The molecule has 4 rings (SSSR count). The summed E-state index contributed by atoms with van der Waals surface area (Å²) in [6.45, 7) is 4.29. The minimum absolute atomic E-state index is 0.127. The number of rotatable bonds is 3. The van der Waals surface area contributed by atoms with Gasteiger partial charge in [0.25, 0.3) is 5.91 Å². The largest absolute Gasteiger partial charge is 0.353 e. The van der Waals surface area contributed by atoms with Gasteiger partial charge < -0.3 is 15.1 Å². The fourth-order valence-electron chi connectivity index (χ4n) is 3.93. The Balaban J connectivity index is 1.56. The molecule has 1 N–H and O–H groups in total. The third-order valence-electron chi connectivity index (χ3n) is 5.34. The van der Waals surface area contributed by atoms with Gasteiger partial charge in [0, 0.05) is 45.0 Å². The maximum absolute atomic E-state index is 13.1. The van der Waals surface area contributed by atoms with Crippen LogP contribution in [0.5, 0.6) is 0 Å². The van der Waals surface area contributed by atoms with Crippen molar-refractivity contribution >= 4 is 11.7 Å². The number of benzene rings is 1. The van der Waals surface area contributed by atoms with E-state index in [1.165, 1.54) is 12.0 Å². The van der Waals surface area contributed by atoms with Gasteiger partial charge in [-0.25, -0.2) is 4.98 Å². The van der Waals surface area contributed by atoms with E-state index in [0.717, 1.165) is 56.9 Å². The number of hydrogen-bond acceptors (Lipinski definition) is 4. The van der Waals surface area contributed by atoms with Crippen LogP contribution in [0.15, 0.2) is 48.7 Å². The third kappa shape index (κ3) is 3.58. The molecule has 2 saturated heterocycles. The van der Waals surface area contributed by atoms with Crippen LogP contribution in [-0.2, 0) is 0 Å². The van der Waals surface area contributed by atoms with Crippen LogP contribution in [0.2, 0.25) is 0 Å². The summed E-state index contributed by atoms with van der Waals surface area (Å²) < 4.78 is 0. The second-order valence-corrected chi connectivity index (χ2v) is 7.09. The van der Waals surface area contributed by atoms with E-state index >= 15 is 0 Å². The Labute approximate surface area is 155 Å². The number of anilines is 1. The SMILES string of the molecule is O=C(c1cccnc1N1CCNC(c2ccccc2)C1)N1CCCCC1. The van der Waals surface area contributed by atoms with Crippen molar-refractivity contribution in [3.05, 3.63) is 59.8 Å². The minimum Gasteiger partial charge on any atom is -0.353 e. The molecular formula is C21H26N4O. The molecule has 1 atom stereocenters. The van der Waals surface area contributed by atoms with Crippen molar-refractivity contribution in [2.24, 2.45) is 0 Å². The number of carbonyl (C=O) groups excluding carboxylic acids is 1. The molecule has 1 unspecified atom stereocenters. The van der Waals surface area contributed by atoms with Gasteiger partial charge in [0.1, 0.15) is 5.82 Å². The summed E-state index contributed by atoms with van der Waals surface area (Å²) in [5, 5.41) is 3.58. The zero-order valence-corrected chi connectivity index (χ0v) is 15.1. The molecule has 2 fully saturated rings. The maximum Gasteiger partial charge on any atom is 0.257 e. The highest BCUT2D eigenvalue weighted by Crippen LogP contribution is 2.25. The fourth-order valence-corrected chi connectivity index (χ4v) is 3.93. The highest BCUT2D eigenvalue weighted by molar-refractivity contribution is 5.99. The quantitative estimate of drug-likeness (QED) is 0.925. The number of piperidine rings is 1. The van der Waals surface area contributed by atoms with Crippen LogP contribution in [0.25, 0.3) is 0 Å². The van der Waals surface area contributed by atoms with Gasteiger partial charge in [-0.05, 0) is 37.0 Å². The van der Waals surface area contributed by atoms with Crippen molar-refractivity contribution in [2.75, 3.05) is 37.6 Å². The number of nitrogens with one attached hydrogen (secondary N) is 1. The lowest BCUT2D eigenvalue weighted by atomic mass is 10.0. The monoisotopic (exact) mass is 350 g/mol. The number of likely N-dealkylation sites (tertiary alicyclic amines) is 1. The van der Waals surface area contributed by atoms with Crippen LogP contribution in [0, 0.1) is 0 Å². The molecule has 0 saturated carbocycles. The number of hydrogen-bond donors (Lipinski definition) is 1. The average Bonchev–Trinajstić information content (AvgIpc) is 2.74. The molecule has 0 radical (unpaired) electrons. The first-order chi connectivity index (χ1) is 12.8. The van der Waals surface area contributed by atoms with Gasteiger partial charge >= 0.3 is 0 Å². The zero-order chi connectivity index (χ0) is 17.8. The molecule has 1 aromatic heterocycles. The average molecular weight is 350 g/mol. The first kappa shape index (κ1) is 17.0. The Morgan fingerprint density at radius 3 is 2.62 bits per heavy atom. The lowest BCUT2D eigenvalue weighted by Gasteiger charge is -2.36. The summed E-state index contributed by atoms with van der Waals surface area (Å²) in [6, 6.07) is 14.5. The van der Waals surface area contributed by atoms with E-state index in [1.54, 1.807) is 6.20 Å². The van der Waals surface area contributed by atoms with Gasteiger partial charge in [-0.1, -0.05) is 30.3 Å². The Morgan fingerprint density at radius 1 is 1.00 bits per heavy atom. The molecule has 26 heavy (non-hydrogen) atoms. The second-order valence-electron chi connectivity index (χ2n) is 7.09. The van der Waals surface area contributed by atoms with E-state index in [-0.39, 0.29) is 11.9 Å². The van der Waals surface area contributed by atoms with E-state index in [0.29, 0.717) is 0 Å². The Bertz CT molecular complexity index is 743. The molecule has 1 aromatic carbocycles. The van der Waals surface area contributed by atoms with Gasteiger partial charge in [-0.2, -0.15) is 0 Å². The van der Waals surface area contributed by atoms with Crippen molar-refractivity contribution in [3.8, 4) is 0 Å². The summed E-state index contributed by atoms with van der Waals surface area (Å²) in [7, 11) is 0. The summed E-state index contributed by atoms with van der Waals surface area (Å²) >= 11 is 0. The van der Waals surface area contributed by atoms with Gasteiger partial charge in [0.2, 0.25) is 0 Å². The van der Waals surface area contributed by atoms with E-state index in [1.807, 2.05) is 23.1 Å². The molecule has 136 valence electrons. The number of aromatic nitrogens is 1. The normalized spacial score (nSPS) is 20.8. The summed E-state index contributed by atoms with van der Waals surface area (Å²) in [5.41, 5.74) is 2.01. The first-order valence-corrected chi connectivity index (χ1v) is 9.60. The number of nitrogens with zero attached hydrogens (tertiary/aromatic N) is 3. The maximum atomic E-state index is 13.1. The fraction of sp³-hybridized carbons (Fsp3) is 0.429. The predicted molar refractivity (Wildman–Crippen MR) is 103 cm³/mol. The molecular weight excluding hydrogens is 324 g/mol. The summed E-state index contributed by atoms with van der Waals surface area (Å²) in [4.78, 5) is 21.9. The van der Waals surface area contributed by atoms with Crippen LogP contribution in [0.3, 0.4) is 0 Å². The van der Waals surface area contributed by atoms with Crippen LogP contribution >= 0.6 is 0 Å². The lowest BCUT2D eigenvalue weighted by molar-refractivity contribution is 0.0724. The highest BCUT2D eigenvalue weighted by atomic mass is 16.2. The van der Waals surface area contributed by atoms with E-state index in [2.05, 4.69) is 39.5 Å². The molecule has 0 bridgehead atoms. The molecule has 2 aromatic rings. The number of pyridine rings is 1. The number of piperazine rings is 1. The van der Waals surface area contributed by atoms with Crippen molar-refractivity contribution in [2.45, 2.75) is 25.3 Å². The smallest absolute Gasteiger partial charge is 0.257 e. The van der Waals surface area contributed by atoms with Gasteiger partial charge in [-0.15, -0.1) is 0 Å². The molecule has 3 heterocycles. The zero-order valence-electron chi connectivity index (χ0n) is 15.1. The predicted octanol–water partition coefficient (Wildman–Crippen LogP) is 2.86. The van der Waals surface area contributed by atoms with E-state index in [9.17, 15) is 4.79 Å². The molecule has 0 aliphatic carbocycles. The van der Waals surface area contributed by atoms with Crippen molar-refractivity contribution in [3.63, 3.8) is 0 Å². The Hall–Kier alpha value is -2.40. The van der Waals surface area contributed by atoms with E-state index in [4.69, 9.17) is 0 Å². The second kappa shape index (κ2) is 7.87. The molecule has 5 heteroatoms. The van der Waals surface area contributed by atoms with E-state index < -0.39 is 0 Å². The van der Waals surface area contributed by atoms with Crippen molar-refractivity contribution in [1.82, 2.24) is 15.2 Å². The number of amides is 1. The summed E-state index contributed by atoms with van der Waals surface area (Å²) in [6.07, 6.45) is 5.22. The lowest BCUT2D eigenvalue weighted by Crippen LogP contribution is -2.47. The molecule has 1 amide bonds. The van der Waals surface area contributed by atoms with Crippen LogP contribution in [0.1, 0.15) is 41.2 Å². The topological polar surface area (TPSA) is 48.5 Å². The van der Waals surface area contributed by atoms with Gasteiger partial charge in [0.15, 0.2) is 0 Å². The van der Waals surface area contributed by atoms with Crippen molar-refractivity contribution < 1.29 is 4.79 Å². The van der Waals surface area contributed by atoms with Crippen LogP contribution in [-0.4, -0.2) is 48.5 Å². The first-order valence-electron chi connectivity index (χ1n) is 9.60. The molecule has 0 spiro atoms. The summed E-state index contributed by atoms with van der Waals surface area (Å²) in [5.74, 6) is 0.952. The Kier molecular flexibility index (Phi) is 5.16. The standard InChI is InChI=1S/C21H26N4O/c26-21(24-13-5-2-6-14-24)18-10-7-11-23-20(18)25-15-12-22-19(16-25)17-8-3-1-4-9-17/h1,3-4,7-11,19,22H,2,5-6,12-16H2. The molecule has 5 nitrogen and oxygen atoms in total. The molecule has 2 aliphatic heterocycles. The van der Waals surface area contributed by atoms with Gasteiger partial charge in [0.05, 0.1) is 5.56 Å².